The van der Waals surface area contributed by atoms with Crippen LogP contribution in [0.3, 0.4) is 0 Å². The molecule has 160 valence electrons. The van der Waals surface area contributed by atoms with E-state index in [4.69, 9.17) is 4.74 Å². The number of piperidine rings is 1. The van der Waals surface area contributed by atoms with Gasteiger partial charge in [-0.2, -0.15) is 0 Å². The van der Waals surface area contributed by atoms with Crippen molar-refractivity contribution in [2.75, 3.05) is 57.3 Å². The van der Waals surface area contributed by atoms with Crippen molar-refractivity contribution in [1.82, 2.24) is 19.8 Å². The van der Waals surface area contributed by atoms with E-state index in [0.717, 1.165) is 64.1 Å². The van der Waals surface area contributed by atoms with Crippen molar-refractivity contribution in [1.29, 1.82) is 0 Å². The predicted octanol–water partition coefficient (Wildman–Crippen LogP) is 2.31. The highest BCUT2D eigenvalue weighted by molar-refractivity contribution is 5.76. The number of para-hydroxylation sites is 1. The number of anilines is 1. The third kappa shape index (κ3) is 5.69. The van der Waals surface area contributed by atoms with E-state index in [1.54, 1.807) is 12.4 Å². The summed E-state index contributed by atoms with van der Waals surface area (Å²) in [5.41, 5.74) is 0. The first-order chi connectivity index (χ1) is 14.8. The van der Waals surface area contributed by atoms with Gasteiger partial charge in [-0.1, -0.05) is 18.2 Å². The van der Waals surface area contributed by atoms with Crippen LogP contribution in [0.2, 0.25) is 0 Å². The highest BCUT2D eigenvalue weighted by atomic mass is 16.5. The van der Waals surface area contributed by atoms with Crippen LogP contribution < -0.4 is 9.64 Å². The van der Waals surface area contributed by atoms with Crippen molar-refractivity contribution in [3.63, 3.8) is 0 Å². The number of amides is 1. The molecule has 2 fully saturated rings. The number of nitrogens with zero attached hydrogens (tertiary/aromatic N) is 5. The number of hydrogen-bond acceptors (Lipinski definition) is 6. The molecule has 4 rings (SSSR count). The molecule has 2 aliphatic heterocycles. The number of ether oxygens (including phenoxy) is 1. The van der Waals surface area contributed by atoms with E-state index < -0.39 is 0 Å². The lowest BCUT2D eigenvalue weighted by Gasteiger charge is -2.36. The van der Waals surface area contributed by atoms with Crippen molar-refractivity contribution >= 4 is 11.9 Å². The fraction of sp³-hybridized carbons (Fsp3) is 0.522. The Morgan fingerprint density at radius 1 is 1.00 bits per heavy atom. The molecule has 3 heterocycles. The Hall–Kier alpha value is -2.67. The molecule has 0 N–H and O–H groups in total. The molecule has 0 saturated carbocycles. The topological polar surface area (TPSA) is 61.8 Å². The Morgan fingerprint density at radius 3 is 2.53 bits per heavy atom. The Bertz CT molecular complexity index is 781. The molecular weight excluding hydrogens is 378 g/mol. The van der Waals surface area contributed by atoms with Crippen LogP contribution in [0.25, 0.3) is 0 Å². The maximum atomic E-state index is 12.7. The van der Waals surface area contributed by atoms with E-state index in [1.165, 1.54) is 12.8 Å². The molecule has 7 nitrogen and oxygen atoms in total. The Balaban J connectivity index is 1.17. The highest BCUT2D eigenvalue weighted by Gasteiger charge is 2.24. The molecule has 1 aromatic carbocycles. The van der Waals surface area contributed by atoms with Gasteiger partial charge in [0.1, 0.15) is 5.75 Å². The molecule has 7 heteroatoms. The maximum absolute atomic E-state index is 12.7. The summed E-state index contributed by atoms with van der Waals surface area (Å²) in [6.07, 6.45) is 6.48. The quantitative estimate of drug-likeness (QED) is 0.699. The second-order valence-corrected chi connectivity index (χ2v) is 8.10. The van der Waals surface area contributed by atoms with Crippen LogP contribution in [0.5, 0.6) is 5.75 Å². The van der Waals surface area contributed by atoms with Crippen molar-refractivity contribution in [3.05, 3.63) is 48.8 Å². The van der Waals surface area contributed by atoms with Crippen LogP contribution in [-0.2, 0) is 4.79 Å². The lowest BCUT2D eigenvalue weighted by molar-refractivity contribution is -0.132. The van der Waals surface area contributed by atoms with Gasteiger partial charge in [-0.15, -0.1) is 0 Å². The Morgan fingerprint density at radius 2 is 1.77 bits per heavy atom. The van der Waals surface area contributed by atoms with Gasteiger partial charge in [-0.25, -0.2) is 9.97 Å². The first-order valence-corrected chi connectivity index (χ1v) is 11.0. The minimum atomic E-state index is 0.256. The van der Waals surface area contributed by atoms with Gasteiger partial charge in [0, 0.05) is 64.0 Å². The third-order valence-electron chi connectivity index (χ3n) is 5.94. The van der Waals surface area contributed by atoms with Crippen LogP contribution in [0, 0.1) is 5.92 Å². The molecule has 30 heavy (non-hydrogen) atoms. The summed E-state index contributed by atoms with van der Waals surface area (Å²) in [4.78, 5) is 27.9. The fourth-order valence-electron chi connectivity index (χ4n) is 4.24. The summed E-state index contributed by atoms with van der Waals surface area (Å²) in [6, 6.07) is 11.8. The first-order valence-electron chi connectivity index (χ1n) is 11.0. The molecule has 1 unspecified atom stereocenters. The number of rotatable bonds is 7. The van der Waals surface area contributed by atoms with E-state index in [1.807, 2.05) is 41.3 Å². The van der Waals surface area contributed by atoms with E-state index >= 15 is 0 Å². The second-order valence-electron chi connectivity index (χ2n) is 8.10. The highest BCUT2D eigenvalue weighted by Crippen LogP contribution is 2.19. The zero-order chi connectivity index (χ0) is 20.6. The summed E-state index contributed by atoms with van der Waals surface area (Å²) in [5.74, 6) is 2.47. The Kier molecular flexibility index (Phi) is 7.13. The van der Waals surface area contributed by atoms with Crippen LogP contribution >= 0.6 is 0 Å². The van der Waals surface area contributed by atoms with Crippen LogP contribution in [-0.4, -0.2) is 78.1 Å². The normalized spacial score (nSPS) is 20.2. The predicted molar refractivity (Wildman–Crippen MR) is 117 cm³/mol. The lowest BCUT2D eigenvalue weighted by atomic mass is 9.99. The molecule has 1 aromatic heterocycles. The van der Waals surface area contributed by atoms with Gasteiger partial charge in [-0.05, 0) is 37.6 Å². The van der Waals surface area contributed by atoms with E-state index in [-0.39, 0.29) is 5.91 Å². The second kappa shape index (κ2) is 10.4. The molecule has 0 bridgehead atoms. The summed E-state index contributed by atoms with van der Waals surface area (Å²) in [6.45, 7) is 6.74. The first kappa shape index (κ1) is 20.6. The molecule has 0 aliphatic carbocycles. The van der Waals surface area contributed by atoms with E-state index in [9.17, 15) is 4.79 Å². The number of likely N-dealkylation sites (tertiary alicyclic amines) is 1. The SMILES string of the molecule is O=C(CCN1CCCC(COc2ccccc2)C1)N1CCN(c2ncccn2)CC1. The van der Waals surface area contributed by atoms with Gasteiger partial charge >= 0.3 is 0 Å². The average molecular weight is 410 g/mol. The zero-order valence-electron chi connectivity index (χ0n) is 17.5. The van der Waals surface area contributed by atoms with Gasteiger partial charge in [0.15, 0.2) is 0 Å². The largest absolute Gasteiger partial charge is 0.493 e. The molecule has 0 spiro atoms. The van der Waals surface area contributed by atoms with E-state index in [0.29, 0.717) is 12.3 Å². The smallest absolute Gasteiger partial charge is 0.225 e. The van der Waals surface area contributed by atoms with Crippen LogP contribution in [0.4, 0.5) is 5.95 Å². The zero-order valence-corrected chi connectivity index (χ0v) is 17.5. The van der Waals surface area contributed by atoms with Gasteiger partial charge in [-0.3, -0.25) is 4.79 Å². The maximum Gasteiger partial charge on any atom is 0.225 e. The molecule has 1 atom stereocenters. The molecule has 2 saturated heterocycles. The molecule has 1 amide bonds. The molecular formula is C23H31N5O2. The van der Waals surface area contributed by atoms with Crippen molar-refractivity contribution in [2.24, 2.45) is 5.92 Å². The number of benzene rings is 1. The van der Waals surface area contributed by atoms with E-state index in [2.05, 4.69) is 19.8 Å². The number of aromatic nitrogens is 2. The molecule has 2 aliphatic rings. The minimum absolute atomic E-state index is 0.256. The number of carbonyl (C=O) groups is 1. The summed E-state index contributed by atoms with van der Waals surface area (Å²) >= 11 is 0. The van der Waals surface area contributed by atoms with Gasteiger partial charge in [0.25, 0.3) is 0 Å². The Labute approximate surface area is 178 Å². The van der Waals surface area contributed by atoms with Crippen LogP contribution in [0.15, 0.2) is 48.8 Å². The summed E-state index contributed by atoms with van der Waals surface area (Å²) in [7, 11) is 0. The minimum Gasteiger partial charge on any atom is -0.493 e. The van der Waals surface area contributed by atoms with Crippen LogP contribution in [0.1, 0.15) is 19.3 Å². The third-order valence-corrected chi connectivity index (χ3v) is 5.94. The van der Waals surface area contributed by atoms with Gasteiger partial charge in [0.2, 0.25) is 11.9 Å². The van der Waals surface area contributed by atoms with Crippen molar-refractivity contribution in [3.8, 4) is 5.75 Å². The van der Waals surface area contributed by atoms with Crippen molar-refractivity contribution < 1.29 is 9.53 Å². The standard InChI is InChI=1S/C23H31N5O2/c29-22(27-14-16-28(17-15-27)23-24-10-5-11-25-23)9-13-26-12-4-6-20(18-26)19-30-21-7-2-1-3-8-21/h1-3,5,7-8,10-11,20H,4,6,9,12-19H2. The van der Waals surface area contributed by atoms with Gasteiger partial charge in [0.05, 0.1) is 6.61 Å². The van der Waals surface area contributed by atoms with Crippen molar-refractivity contribution in [2.45, 2.75) is 19.3 Å². The number of hydrogen-bond donors (Lipinski definition) is 0. The fourth-order valence-corrected chi connectivity index (χ4v) is 4.24. The number of carbonyl (C=O) groups excluding carboxylic acids is 1. The summed E-state index contributed by atoms with van der Waals surface area (Å²) in [5, 5.41) is 0. The lowest BCUT2D eigenvalue weighted by Crippen LogP contribution is -2.50. The average Bonchev–Trinajstić information content (AvgIpc) is 2.83. The monoisotopic (exact) mass is 409 g/mol. The van der Waals surface area contributed by atoms with Gasteiger partial charge < -0.3 is 19.4 Å². The number of piperazine rings is 1. The summed E-state index contributed by atoms with van der Waals surface area (Å²) < 4.78 is 5.94. The molecule has 2 aromatic rings. The molecule has 0 radical (unpaired) electrons.